The van der Waals surface area contributed by atoms with Crippen LogP contribution in [0.4, 0.5) is 5.69 Å². The molecule has 4 nitrogen and oxygen atoms in total. The fourth-order valence-corrected chi connectivity index (χ4v) is 3.00. The van der Waals surface area contributed by atoms with Crippen LogP contribution in [0.3, 0.4) is 0 Å². The number of carbonyl (C=O) groups is 1. The molecule has 1 amide bonds. The number of nitrogens with zero attached hydrogens (tertiary/aromatic N) is 1. The molecule has 1 aliphatic heterocycles. The van der Waals surface area contributed by atoms with Gasteiger partial charge in [0.2, 0.25) is 0 Å². The summed E-state index contributed by atoms with van der Waals surface area (Å²) in [5, 5.41) is 3.32. The summed E-state index contributed by atoms with van der Waals surface area (Å²) < 4.78 is 6.15. The van der Waals surface area contributed by atoms with Crippen molar-refractivity contribution in [2.75, 3.05) is 12.0 Å². The molecule has 0 saturated carbocycles. The molecule has 1 heterocycles. The number of methoxy groups -OCH3 is 1. The van der Waals surface area contributed by atoms with Gasteiger partial charge >= 0.3 is 0 Å². The van der Waals surface area contributed by atoms with E-state index in [0.29, 0.717) is 22.2 Å². The van der Waals surface area contributed by atoms with Gasteiger partial charge in [0.05, 0.1) is 12.8 Å². The lowest BCUT2D eigenvalue weighted by molar-refractivity contribution is -0.113. The van der Waals surface area contributed by atoms with Crippen molar-refractivity contribution in [3.63, 3.8) is 0 Å². The normalized spacial score (nSPS) is 15.9. The Kier molecular flexibility index (Phi) is 4.45. The summed E-state index contributed by atoms with van der Waals surface area (Å²) in [5.74, 6) is 0.478. The largest absolute Gasteiger partial charge is 0.497 e. The highest BCUT2D eigenvalue weighted by atomic mass is 79.9. The molecule has 1 aliphatic rings. The van der Waals surface area contributed by atoms with Crippen molar-refractivity contribution in [2.24, 2.45) is 0 Å². The minimum atomic E-state index is -0.191. The van der Waals surface area contributed by atoms with Crippen molar-refractivity contribution in [2.45, 2.75) is 0 Å². The van der Waals surface area contributed by atoms with Gasteiger partial charge in [0.25, 0.3) is 5.91 Å². The minimum Gasteiger partial charge on any atom is -0.497 e. The molecule has 3 rings (SSSR count). The molecule has 0 aromatic heterocycles. The lowest BCUT2D eigenvalue weighted by Crippen LogP contribution is -2.30. The highest BCUT2D eigenvalue weighted by molar-refractivity contribution is 9.10. The smallest absolute Gasteiger partial charge is 0.281 e. The van der Waals surface area contributed by atoms with E-state index in [4.69, 9.17) is 17.0 Å². The first kappa shape index (κ1) is 15.7. The summed E-state index contributed by atoms with van der Waals surface area (Å²) >= 11 is 8.72. The Labute approximate surface area is 147 Å². The van der Waals surface area contributed by atoms with Crippen molar-refractivity contribution in [3.8, 4) is 5.75 Å². The lowest BCUT2D eigenvalue weighted by atomic mass is 10.2. The minimum absolute atomic E-state index is 0.191. The van der Waals surface area contributed by atoms with Crippen molar-refractivity contribution in [1.29, 1.82) is 0 Å². The van der Waals surface area contributed by atoms with Gasteiger partial charge in [-0.2, -0.15) is 0 Å². The molecule has 0 bridgehead atoms. The van der Waals surface area contributed by atoms with Gasteiger partial charge < -0.3 is 10.1 Å². The molecule has 0 atom stereocenters. The van der Waals surface area contributed by atoms with Crippen LogP contribution in [0.2, 0.25) is 0 Å². The second-order valence-corrected chi connectivity index (χ2v) is 6.19. The van der Waals surface area contributed by atoms with Gasteiger partial charge in [-0.1, -0.05) is 34.1 Å². The number of thiocarbonyl (C=S) groups is 1. The first-order chi connectivity index (χ1) is 11.1. The molecular formula is C17H13BrN2O2S. The highest BCUT2D eigenvalue weighted by Crippen LogP contribution is 2.26. The number of benzene rings is 2. The number of amides is 1. The zero-order chi connectivity index (χ0) is 16.4. The van der Waals surface area contributed by atoms with Gasteiger partial charge in [-0.15, -0.1) is 0 Å². The predicted molar refractivity (Wildman–Crippen MR) is 98.3 cm³/mol. The Balaban J connectivity index is 1.93. The molecular weight excluding hydrogens is 376 g/mol. The molecule has 2 aromatic carbocycles. The van der Waals surface area contributed by atoms with E-state index in [-0.39, 0.29) is 5.91 Å². The van der Waals surface area contributed by atoms with Crippen molar-refractivity contribution in [3.05, 3.63) is 64.3 Å². The molecule has 116 valence electrons. The van der Waals surface area contributed by atoms with Gasteiger partial charge in [0.1, 0.15) is 11.4 Å². The SMILES string of the molecule is COc1cccc(N2C(=O)C(=Cc3cccc(Br)c3)NC2=S)c1. The third kappa shape index (κ3) is 3.28. The van der Waals surface area contributed by atoms with E-state index >= 15 is 0 Å². The Morgan fingerprint density at radius 2 is 2.00 bits per heavy atom. The topological polar surface area (TPSA) is 41.6 Å². The fraction of sp³-hybridized carbons (Fsp3) is 0.0588. The molecule has 1 saturated heterocycles. The first-order valence-corrected chi connectivity index (χ1v) is 8.05. The van der Waals surface area contributed by atoms with E-state index < -0.39 is 0 Å². The summed E-state index contributed by atoms with van der Waals surface area (Å²) in [4.78, 5) is 14.1. The Bertz CT molecular complexity index is 820. The van der Waals surface area contributed by atoms with Crippen LogP contribution in [0.25, 0.3) is 6.08 Å². The number of rotatable bonds is 3. The predicted octanol–water partition coefficient (Wildman–Crippen LogP) is 3.72. The quantitative estimate of drug-likeness (QED) is 0.642. The van der Waals surface area contributed by atoms with Crippen LogP contribution < -0.4 is 15.0 Å². The average Bonchev–Trinajstić information content (AvgIpc) is 2.81. The number of anilines is 1. The number of carbonyl (C=O) groups excluding carboxylic acids is 1. The Hall–Kier alpha value is -2.18. The standard InChI is InChI=1S/C17H13BrN2O2S/c1-22-14-7-3-6-13(10-14)20-16(21)15(19-17(20)23)9-11-4-2-5-12(18)8-11/h2-10H,1H3,(H,19,23). The molecule has 23 heavy (non-hydrogen) atoms. The number of nitrogens with one attached hydrogen (secondary N) is 1. The lowest BCUT2D eigenvalue weighted by Gasteiger charge is -2.14. The van der Waals surface area contributed by atoms with E-state index in [1.165, 1.54) is 4.90 Å². The molecule has 0 unspecified atom stereocenters. The van der Waals surface area contributed by atoms with Gasteiger partial charge in [0.15, 0.2) is 5.11 Å². The summed E-state index contributed by atoms with van der Waals surface area (Å²) in [7, 11) is 1.58. The van der Waals surface area contributed by atoms with Crippen LogP contribution in [0, 0.1) is 0 Å². The van der Waals surface area contributed by atoms with Gasteiger partial charge in [-0.25, -0.2) is 0 Å². The fourth-order valence-electron chi connectivity index (χ4n) is 2.28. The van der Waals surface area contributed by atoms with Crippen molar-refractivity contribution < 1.29 is 9.53 Å². The molecule has 2 aromatic rings. The highest BCUT2D eigenvalue weighted by Gasteiger charge is 2.32. The number of ether oxygens (including phenoxy) is 1. The number of hydrogen-bond donors (Lipinski definition) is 1. The van der Waals surface area contributed by atoms with Gasteiger partial charge in [0, 0.05) is 10.5 Å². The summed E-state index contributed by atoms with van der Waals surface area (Å²) in [5.41, 5.74) is 2.02. The molecule has 6 heteroatoms. The number of hydrogen-bond acceptors (Lipinski definition) is 3. The monoisotopic (exact) mass is 388 g/mol. The zero-order valence-electron chi connectivity index (χ0n) is 12.2. The third-order valence-electron chi connectivity index (χ3n) is 3.35. The zero-order valence-corrected chi connectivity index (χ0v) is 14.6. The maximum absolute atomic E-state index is 12.7. The molecule has 0 spiro atoms. The van der Waals surface area contributed by atoms with E-state index in [0.717, 1.165) is 10.0 Å². The van der Waals surface area contributed by atoms with Crippen LogP contribution >= 0.6 is 28.1 Å². The third-order valence-corrected chi connectivity index (χ3v) is 4.13. The van der Waals surface area contributed by atoms with Crippen molar-refractivity contribution in [1.82, 2.24) is 5.32 Å². The second-order valence-electron chi connectivity index (χ2n) is 4.89. The maximum atomic E-state index is 12.7. The summed E-state index contributed by atoms with van der Waals surface area (Å²) in [6, 6.07) is 14.9. The van der Waals surface area contributed by atoms with Crippen LogP contribution in [-0.4, -0.2) is 18.1 Å². The second kappa shape index (κ2) is 6.52. The van der Waals surface area contributed by atoms with Gasteiger partial charge in [-0.05, 0) is 48.1 Å². The van der Waals surface area contributed by atoms with Crippen LogP contribution in [-0.2, 0) is 4.79 Å². The average molecular weight is 389 g/mol. The molecule has 0 radical (unpaired) electrons. The van der Waals surface area contributed by atoms with E-state index in [2.05, 4.69) is 21.2 Å². The molecule has 0 aliphatic carbocycles. The van der Waals surface area contributed by atoms with Crippen LogP contribution in [0.1, 0.15) is 5.56 Å². The summed E-state index contributed by atoms with van der Waals surface area (Å²) in [6.45, 7) is 0. The van der Waals surface area contributed by atoms with Crippen LogP contribution in [0.5, 0.6) is 5.75 Å². The van der Waals surface area contributed by atoms with E-state index in [1.807, 2.05) is 42.5 Å². The van der Waals surface area contributed by atoms with E-state index in [1.54, 1.807) is 19.3 Å². The van der Waals surface area contributed by atoms with E-state index in [9.17, 15) is 4.79 Å². The van der Waals surface area contributed by atoms with Crippen LogP contribution in [0.15, 0.2) is 58.7 Å². The first-order valence-electron chi connectivity index (χ1n) is 6.85. The van der Waals surface area contributed by atoms with Crippen molar-refractivity contribution >= 4 is 50.9 Å². The Morgan fingerprint density at radius 1 is 1.22 bits per heavy atom. The molecule has 1 N–H and O–H groups in total. The maximum Gasteiger partial charge on any atom is 0.281 e. The molecule has 1 fully saturated rings. The summed E-state index contributed by atoms with van der Waals surface area (Å²) in [6.07, 6.45) is 1.78. The van der Waals surface area contributed by atoms with Gasteiger partial charge in [-0.3, -0.25) is 9.69 Å². The number of halogens is 1. The Morgan fingerprint density at radius 3 is 2.74 bits per heavy atom.